The number of anilines is 1. The van der Waals surface area contributed by atoms with Gasteiger partial charge in [0.05, 0.1) is 19.4 Å². The predicted octanol–water partition coefficient (Wildman–Crippen LogP) is 5.85. The quantitative estimate of drug-likeness (QED) is 0.305. The van der Waals surface area contributed by atoms with Crippen molar-refractivity contribution in [3.05, 3.63) is 30.0 Å². The number of carbonyl (C=O) groups excluding carboxylic acids is 3. The van der Waals surface area contributed by atoms with Gasteiger partial charge in [0.25, 0.3) is 0 Å². The van der Waals surface area contributed by atoms with Crippen molar-refractivity contribution in [1.82, 2.24) is 4.90 Å². The SMILES string of the molecule is CCCOC(=O)c1cc2cc(NC(=O)[C@@H]3[C@H](C4CCC(OC)CC4)CCN3C(=O)C3CCC([C@H](N)CCF)CC3)ccc2o1. The van der Waals surface area contributed by atoms with Crippen LogP contribution in [0.3, 0.4) is 0 Å². The summed E-state index contributed by atoms with van der Waals surface area (Å²) in [5, 5.41) is 3.78. The van der Waals surface area contributed by atoms with E-state index in [-0.39, 0.29) is 47.5 Å². The molecule has 44 heavy (non-hydrogen) atoms. The van der Waals surface area contributed by atoms with Gasteiger partial charge in [0.15, 0.2) is 0 Å². The smallest absolute Gasteiger partial charge is 0.374 e. The van der Waals surface area contributed by atoms with Crippen molar-refractivity contribution < 1.29 is 32.7 Å². The highest BCUT2D eigenvalue weighted by molar-refractivity contribution is 6.00. The Balaban J connectivity index is 1.31. The number of ether oxygens (including phenoxy) is 2. The Morgan fingerprint density at radius 1 is 1.07 bits per heavy atom. The van der Waals surface area contributed by atoms with Gasteiger partial charge in [0, 0.05) is 36.7 Å². The lowest BCUT2D eigenvalue weighted by Crippen LogP contribution is -2.50. The molecule has 1 saturated heterocycles. The van der Waals surface area contributed by atoms with E-state index < -0.39 is 18.7 Å². The molecule has 2 aliphatic carbocycles. The Morgan fingerprint density at radius 3 is 2.50 bits per heavy atom. The Kier molecular flexibility index (Phi) is 11.0. The number of carbonyl (C=O) groups is 3. The zero-order valence-corrected chi connectivity index (χ0v) is 26.1. The highest BCUT2D eigenvalue weighted by atomic mass is 19.1. The number of amides is 2. The average Bonchev–Trinajstić information content (AvgIpc) is 3.68. The molecule has 3 N–H and O–H groups in total. The predicted molar refractivity (Wildman–Crippen MR) is 166 cm³/mol. The standard InChI is InChI=1S/C34H48FN3O6/c1-3-18-43-34(41)30-20-24-19-25(10-13-29(24)44-30)37-32(39)31-27(21-8-11-26(42-2)12-9-21)15-17-38(31)33(40)23-6-4-22(5-7-23)28(36)14-16-35/h10,13,19-23,26-28,31H,3-9,11-12,14-18,36H2,1-2H3,(H,37,39)/t21?,22?,23?,26?,27-,28+,31-/m0/s1. The summed E-state index contributed by atoms with van der Waals surface area (Å²) in [5.41, 5.74) is 7.31. The second kappa shape index (κ2) is 14.9. The van der Waals surface area contributed by atoms with Gasteiger partial charge in [-0.1, -0.05) is 6.92 Å². The highest BCUT2D eigenvalue weighted by Crippen LogP contribution is 2.42. The fourth-order valence-corrected chi connectivity index (χ4v) is 7.74. The summed E-state index contributed by atoms with van der Waals surface area (Å²) in [6, 6.07) is 6.18. The first kappa shape index (κ1) is 32.4. The van der Waals surface area contributed by atoms with Crippen LogP contribution in [0.25, 0.3) is 11.0 Å². The van der Waals surface area contributed by atoms with Gasteiger partial charge in [-0.15, -0.1) is 0 Å². The van der Waals surface area contributed by atoms with Gasteiger partial charge in [-0.2, -0.15) is 0 Å². The first-order valence-corrected chi connectivity index (χ1v) is 16.5. The number of rotatable bonds is 11. The summed E-state index contributed by atoms with van der Waals surface area (Å²) in [4.78, 5) is 42.2. The molecular formula is C34H48FN3O6. The van der Waals surface area contributed by atoms with Crippen LogP contribution >= 0.6 is 0 Å². The molecule has 1 aliphatic heterocycles. The Morgan fingerprint density at radius 2 is 1.82 bits per heavy atom. The van der Waals surface area contributed by atoms with Gasteiger partial charge in [-0.3, -0.25) is 14.0 Å². The largest absolute Gasteiger partial charge is 0.460 e. The Hall–Kier alpha value is -2.98. The maximum absolute atomic E-state index is 14.1. The molecule has 1 aromatic heterocycles. The molecule has 1 aromatic carbocycles. The third-order valence-corrected chi connectivity index (χ3v) is 10.2. The monoisotopic (exact) mass is 613 g/mol. The molecule has 2 aromatic rings. The number of nitrogens with two attached hydrogens (primary N) is 1. The molecule has 0 bridgehead atoms. The van der Waals surface area contributed by atoms with E-state index in [1.807, 2.05) is 11.8 Å². The molecule has 5 rings (SSSR count). The molecule has 0 unspecified atom stereocenters. The summed E-state index contributed by atoms with van der Waals surface area (Å²) >= 11 is 0. The first-order chi connectivity index (χ1) is 21.3. The van der Waals surface area contributed by atoms with Crippen LogP contribution in [0.15, 0.2) is 28.7 Å². The summed E-state index contributed by atoms with van der Waals surface area (Å²) < 4.78 is 29.3. The summed E-state index contributed by atoms with van der Waals surface area (Å²) in [7, 11) is 1.75. The van der Waals surface area contributed by atoms with Crippen molar-refractivity contribution in [3.8, 4) is 0 Å². The zero-order chi connectivity index (χ0) is 31.2. The van der Waals surface area contributed by atoms with Crippen LogP contribution in [0, 0.1) is 23.7 Å². The number of alkyl halides is 1. The number of likely N-dealkylation sites (tertiary alicyclic amines) is 1. The van der Waals surface area contributed by atoms with Crippen molar-refractivity contribution in [2.45, 2.75) is 95.7 Å². The Bertz CT molecular complexity index is 1280. The number of esters is 1. The molecule has 2 heterocycles. The van der Waals surface area contributed by atoms with Crippen molar-refractivity contribution in [1.29, 1.82) is 0 Å². The fraction of sp³-hybridized carbons (Fsp3) is 0.676. The van der Waals surface area contributed by atoms with E-state index in [4.69, 9.17) is 19.6 Å². The van der Waals surface area contributed by atoms with Crippen LogP contribution in [-0.2, 0) is 19.1 Å². The van der Waals surface area contributed by atoms with Crippen molar-refractivity contribution in [3.63, 3.8) is 0 Å². The van der Waals surface area contributed by atoms with Gasteiger partial charge in [0.1, 0.15) is 11.6 Å². The van der Waals surface area contributed by atoms with E-state index in [1.54, 1.807) is 31.4 Å². The maximum Gasteiger partial charge on any atom is 0.374 e. The Labute approximate surface area is 259 Å². The van der Waals surface area contributed by atoms with Crippen LogP contribution < -0.4 is 11.1 Å². The van der Waals surface area contributed by atoms with E-state index >= 15 is 0 Å². The first-order valence-electron chi connectivity index (χ1n) is 16.5. The lowest BCUT2D eigenvalue weighted by atomic mass is 9.75. The number of methoxy groups -OCH3 is 1. The number of hydrogen-bond donors (Lipinski definition) is 2. The van der Waals surface area contributed by atoms with Crippen molar-refractivity contribution in [2.24, 2.45) is 29.4 Å². The van der Waals surface area contributed by atoms with Crippen LogP contribution in [0.1, 0.15) is 88.1 Å². The van der Waals surface area contributed by atoms with E-state index in [1.165, 1.54) is 0 Å². The molecule has 2 amide bonds. The number of nitrogens with zero attached hydrogens (tertiary/aromatic N) is 1. The van der Waals surface area contributed by atoms with E-state index in [0.717, 1.165) is 57.8 Å². The van der Waals surface area contributed by atoms with E-state index in [0.29, 0.717) is 48.6 Å². The van der Waals surface area contributed by atoms with Gasteiger partial charge >= 0.3 is 5.97 Å². The lowest BCUT2D eigenvalue weighted by Gasteiger charge is -2.37. The third-order valence-electron chi connectivity index (χ3n) is 10.2. The minimum atomic E-state index is -0.558. The number of furan rings is 1. The molecule has 3 fully saturated rings. The lowest BCUT2D eigenvalue weighted by molar-refractivity contribution is -0.142. The van der Waals surface area contributed by atoms with E-state index in [9.17, 15) is 18.8 Å². The molecule has 0 spiro atoms. The number of nitrogens with one attached hydrogen (secondary N) is 1. The zero-order valence-electron chi connectivity index (χ0n) is 26.1. The van der Waals surface area contributed by atoms with Crippen molar-refractivity contribution in [2.75, 3.05) is 32.3 Å². The maximum atomic E-state index is 14.1. The molecule has 242 valence electrons. The molecule has 2 saturated carbocycles. The number of fused-ring (bicyclic) bond motifs is 1. The minimum Gasteiger partial charge on any atom is -0.460 e. The highest BCUT2D eigenvalue weighted by Gasteiger charge is 2.47. The normalized spacial score (nSPS) is 28.1. The van der Waals surface area contributed by atoms with Crippen LogP contribution in [-0.4, -0.2) is 67.8 Å². The molecule has 9 nitrogen and oxygen atoms in total. The third kappa shape index (κ3) is 7.28. The van der Waals surface area contributed by atoms with Gasteiger partial charge in [0.2, 0.25) is 17.6 Å². The van der Waals surface area contributed by atoms with Crippen LogP contribution in [0.2, 0.25) is 0 Å². The fourth-order valence-electron chi connectivity index (χ4n) is 7.74. The summed E-state index contributed by atoms with van der Waals surface area (Å²) in [5.74, 6) is -0.00994. The second-order valence-electron chi connectivity index (χ2n) is 12.9. The van der Waals surface area contributed by atoms with Gasteiger partial charge in [-0.25, -0.2) is 4.79 Å². The topological polar surface area (TPSA) is 124 Å². The number of halogens is 1. The van der Waals surface area contributed by atoms with Gasteiger partial charge in [-0.05, 0) is 113 Å². The molecule has 3 atom stereocenters. The average molecular weight is 614 g/mol. The van der Waals surface area contributed by atoms with Crippen molar-refractivity contribution >= 4 is 34.4 Å². The van der Waals surface area contributed by atoms with E-state index in [2.05, 4.69) is 5.32 Å². The summed E-state index contributed by atoms with van der Waals surface area (Å²) in [6.45, 7) is 2.39. The van der Waals surface area contributed by atoms with Crippen LogP contribution in [0.5, 0.6) is 0 Å². The number of hydrogen-bond acceptors (Lipinski definition) is 7. The molecular weight excluding hydrogens is 565 g/mol. The second-order valence-corrected chi connectivity index (χ2v) is 12.9. The summed E-state index contributed by atoms with van der Waals surface area (Å²) in [6.07, 6.45) is 9.07. The van der Waals surface area contributed by atoms with Crippen LogP contribution in [0.4, 0.5) is 10.1 Å². The minimum absolute atomic E-state index is 0.0521. The molecule has 10 heteroatoms. The number of benzene rings is 1. The van der Waals surface area contributed by atoms with Gasteiger partial charge < -0.3 is 29.8 Å². The molecule has 3 aliphatic rings. The molecule has 0 radical (unpaired) electrons.